The second kappa shape index (κ2) is 7.63. The molecule has 0 aliphatic carbocycles. The molecule has 19 heavy (non-hydrogen) atoms. The lowest BCUT2D eigenvalue weighted by Crippen LogP contribution is -2.46. The molecule has 0 atom stereocenters. The summed E-state index contributed by atoms with van der Waals surface area (Å²) >= 11 is 1.70. The molecule has 0 unspecified atom stereocenters. The monoisotopic (exact) mass is 280 g/mol. The van der Waals surface area contributed by atoms with Gasteiger partial charge in [0, 0.05) is 44.1 Å². The molecule has 0 bridgehead atoms. The molecule has 104 valence electrons. The van der Waals surface area contributed by atoms with Crippen LogP contribution >= 0.6 is 11.3 Å². The Morgan fingerprint density at radius 2 is 1.84 bits per heavy atom. The first-order valence-electron chi connectivity index (χ1n) is 6.56. The van der Waals surface area contributed by atoms with Crippen molar-refractivity contribution in [2.45, 2.75) is 6.54 Å². The van der Waals surface area contributed by atoms with Gasteiger partial charge in [-0.1, -0.05) is 11.8 Å². The first-order chi connectivity index (χ1) is 9.31. The fourth-order valence-electron chi connectivity index (χ4n) is 2.19. The van der Waals surface area contributed by atoms with E-state index in [4.69, 9.17) is 10.2 Å². The van der Waals surface area contributed by atoms with Crippen molar-refractivity contribution in [1.29, 1.82) is 0 Å². The smallest absolute Gasteiger partial charge is 0.104 e. The maximum atomic E-state index is 8.91. The minimum absolute atomic E-state index is 0.0833. The number of nitrogens with zero attached hydrogens (tertiary/aromatic N) is 2. The van der Waals surface area contributed by atoms with Crippen LogP contribution in [-0.2, 0) is 6.54 Å². The third-order valence-corrected chi connectivity index (χ3v) is 4.20. The van der Waals surface area contributed by atoms with E-state index < -0.39 is 0 Å². The number of aliphatic hydroxyl groups excluding tert-OH is 2. The van der Waals surface area contributed by atoms with Crippen LogP contribution in [0.4, 0.5) is 0 Å². The molecule has 5 heteroatoms. The molecule has 1 aliphatic rings. The maximum absolute atomic E-state index is 8.91. The summed E-state index contributed by atoms with van der Waals surface area (Å²) < 4.78 is 0. The van der Waals surface area contributed by atoms with Crippen LogP contribution in [0.5, 0.6) is 0 Å². The zero-order valence-corrected chi connectivity index (χ0v) is 11.8. The van der Waals surface area contributed by atoms with Crippen molar-refractivity contribution in [2.75, 3.05) is 45.9 Å². The highest BCUT2D eigenvalue weighted by Gasteiger charge is 2.16. The lowest BCUT2D eigenvalue weighted by atomic mass is 10.3. The van der Waals surface area contributed by atoms with Gasteiger partial charge < -0.3 is 10.2 Å². The van der Waals surface area contributed by atoms with Gasteiger partial charge in [0.1, 0.15) is 6.61 Å². The lowest BCUT2D eigenvalue weighted by Gasteiger charge is -2.34. The van der Waals surface area contributed by atoms with Crippen LogP contribution in [0.3, 0.4) is 0 Å². The SMILES string of the molecule is OCC#Cc1ccc(CN2CCN(CCO)CC2)s1. The van der Waals surface area contributed by atoms with Gasteiger partial charge in [-0.25, -0.2) is 0 Å². The van der Waals surface area contributed by atoms with Gasteiger partial charge in [0.25, 0.3) is 0 Å². The van der Waals surface area contributed by atoms with E-state index in [-0.39, 0.29) is 13.2 Å². The summed E-state index contributed by atoms with van der Waals surface area (Å²) in [5.41, 5.74) is 0. The molecule has 4 nitrogen and oxygen atoms in total. The third kappa shape index (κ3) is 4.60. The van der Waals surface area contributed by atoms with Crippen LogP contribution in [0, 0.1) is 11.8 Å². The molecule has 0 aromatic carbocycles. The quantitative estimate of drug-likeness (QED) is 0.774. The first kappa shape index (κ1) is 14.5. The summed E-state index contributed by atoms with van der Waals surface area (Å²) in [5, 5.41) is 17.6. The van der Waals surface area contributed by atoms with Crippen LogP contribution in [-0.4, -0.2) is 66.0 Å². The van der Waals surface area contributed by atoms with Crippen molar-refractivity contribution in [1.82, 2.24) is 9.80 Å². The Hall–Kier alpha value is -0.900. The Bertz CT molecular complexity index is 442. The van der Waals surface area contributed by atoms with E-state index in [0.29, 0.717) is 0 Å². The minimum atomic E-state index is -0.0833. The fourth-order valence-corrected chi connectivity index (χ4v) is 3.11. The molecule has 0 saturated carbocycles. The molecule has 1 saturated heterocycles. The topological polar surface area (TPSA) is 46.9 Å². The Morgan fingerprint density at radius 3 is 2.53 bits per heavy atom. The number of hydrogen-bond donors (Lipinski definition) is 2. The fraction of sp³-hybridized carbons (Fsp3) is 0.571. The van der Waals surface area contributed by atoms with Crippen molar-refractivity contribution in [3.8, 4) is 11.8 Å². The summed E-state index contributed by atoms with van der Waals surface area (Å²) in [5.74, 6) is 5.61. The Balaban J connectivity index is 1.80. The molecule has 1 aromatic rings. The van der Waals surface area contributed by atoms with Crippen molar-refractivity contribution in [3.05, 3.63) is 21.9 Å². The van der Waals surface area contributed by atoms with E-state index in [1.54, 1.807) is 11.3 Å². The summed E-state index contributed by atoms with van der Waals surface area (Å²) in [6.45, 7) is 6.08. The second-order valence-corrected chi connectivity index (χ2v) is 5.74. The van der Waals surface area contributed by atoms with Crippen LogP contribution in [0.1, 0.15) is 9.75 Å². The van der Waals surface area contributed by atoms with E-state index in [2.05, 4.69) is 27.7 Å². The summed E-state index contributed by atoms with van der Waals surface area (Å²) in [6, 6.07) is 4.14. The Kier molecular flexibility index (Phi) is 5.83. The largest absolute Gasteiger partial charge is 0.395 e. The van der Waals surface area contributed by atoms with Gasteiger partial charge in [-0.05, 0) is 12.1 Å². The highest BCUT2D eigenvalue weighted by atomic mass is 32.1. The van der Waals surface area contributed by atoms with Crippen molar-refractivity contribution in [3.63, 3.8) is 0 Å². The number of hydrogen-bond acceptors (Lipinski definition) is 5. The molecule has 2 rings (SSSR count). The number of β-amino-alcohol motifs (C(OH)–C–C–N with tert-alkyl or cyclic N) is 1. The number of aliphatic hydroxyl groups is 2. The molecule has 1 aliphatic heterocycles. The van der Waals surface area contributed by atoms with Crippen LogP contribution in [0.25, 0.3) is 0 Å². The van der Waals surface area contributed by atoms with E-state index in [9.17, 15) is 0 Å². The van der Waals surface area contributed by atoms with Crippen LogP contribution in [0.15, 0.2) is 12.1 Å². The molecule has 0 radical (unpaired) electrons. The van der Waals surface area contributed by atoms with E-state index in [0.717, 1.165) is 44.1 Å². The molecule has 2 heterocycles. The van der Waals surface area contributed by atoms with Gasteiger partial charge in [-0.2, -0.15) is 0 Å². The van der Waals surface area contributed by atoms with Crippen LogP contribution in [0.2, 0.25) is 0 Å². The van der Waals surface area contributed by atoms with Crippen molar-refractivity contribution in [2.24, 2.45) is 0 Å². The minimum Gasteiger partial charge on any atom is -0.395 e. The first-order valence-corrected chi connectivity index (χ1v) is 7.37. The van der Waals surface area contributed by atoms with Crippen molar-refractivity contribution < 1.29 is 10.2 Å². The summed E-state index contributed by atoms with van der Waals surface area (Å²) in [4.78, 5) is 7.06. The zero-order chi connectivity index (χ0) is 13.5. The molecule has 1 aromatic heterocycles. The van der Waals surface area contributed by atoms with Gasteiger partial charge in [0.05, 0.1) is 11.5 Å². The Labute approximate surface area is 118 Å². The van der Waals surface area contributed by atoms with Crippen molar-refractivity contribution >= 4 is 11.3 Å². The number of rotatable bonds is 4. The Morgan fingerprint density at radius 1 is 1.11 bits per heavy atom. The van der Waals surface area contributed by atoms with Gasteiger partial charge >= 0.3 is 0 Å². The normalized spacial score (nSPS) is 17.2. The zero-order valence-electron chi connectivity index (χ0n) is 11.0. The average molecular weight is 280 g/mol. The summed E-state index contributed by atoms with van der Waals surface area (Å²) in [7, 11) is 0. The highest BCUT2D eigenvalue weighted by molar-refractivity contribution is 7.12. The van der Waals surface area contributed by atoms with Crippen LogP contribution < -0.4 is 0 Å². The average Bonchev–Trinajstić information content (AvgIpc) is 2.87. The number of thiophene rings is 1. The predicted octanol–water partition coefficient (Wildman–Crippen LogP) is 0.202. The number of piperazine rings is 1. The van der Waals surface area contributed by atoms with Gasteiger partial charge in [-0.3, -0.25) is 9.80 Å². The maximum Gasteiger partial charge on any atom is 0.104 e. The predicted molar refractivity (Wildman–Crippen MR) is 77.1 cm³/mol. The molecule has 0 spiro atoms. The summed E-state index contributed by atoms with van der Waals surface area (Å²) in [6.07, 6.45) is 0. The third-order valence-electron chi connectivity index (χ3n) is 3.21. The van der Waals surface area contributed by atoms with Gasteiger partial charge in [-0.15, -0.1) is 11.3 Å². The standard InChI is InChI=1S/C14H20N2O2S/c17-10-1-2-13-3-4-14(19-13)12-16-7-5-15(6-8-16)9-11-18/h3-4,17-18H,5-12H2. The lowest BCUT2D eigenvalue weighted by molar-refractivity contribution is 0.109. The highest BCUT2D eigenvalue weighted by Crippen LogP contribution is 2.18. The second-order valence-electron chi connectivity index (χ2n) is 4.57. The van der Waals surface area contributed by atoms with Gasteiger partial charge in [0.2, 0.25) is 0 Å². The van der Waals surface area contributed by atoms with E-state index in [1.165, 1.54) is 4.88 Å². The molecule has 2 N–H and O–H groups in total. The van der Waals surface area contributed by atoms with E-state index in [1.807, 2.05) is 6.07 Å². The molecular weight excluding hydrogens is 260 g/mol. The van der Waals surface area contributed by atoms with E-state index >= 15 is 0 Å². The molecule has 1 fully saturated rings. The van der Waals surface area contributed by atoms with Gasteiger partial charge in [0.15, 0.2) is 0 Å². The molecular formula is C14H20N2O2S. The molecule has 0 amide bonds.